The molecular weight excluding hydrogens is 252 g/mol. The Balaban J connectivity index is 1.81. The largest absolute Gasteiger partial charge is 0.396 e. The van der Waals surface area contributed by atoms with Gasteiger partial charge in [0.15, 0.2) is 0 Å². The second-order valence-corrected chi connectivity index (χ2v) is 5.15. The molecule has 1 atom stereocenters. The van der Waals surface area contributed by atoms with Crippen LogP contribution in [-0.2, 0) is 4.79 Å². The summed E-state index contributed by atoms with van der Waals surface area (Å²) in [6.45, 7) is 0.0323. The first-order valence-corrected chi connectivity index (χ1v) is 7.19. The zero-order chi connectivity index (χ0) is 14.2. The van der Waals surface area contributed by atoms with Gasteiger partial charge in [-0.2, -0.15) is 0 Å². The van der Waals surface area contributed by atoms with Crippen LogP contribution in [0.1, 0.15) is 32.1 Å². The van der Waals surface area contributed by atoms with E-state index in [1.165, 1.54) is 12.0 Å². The maximum atomic E-state index is 11.9. The average molecular weight is 274 g/mol. The van der Waals surface area contributed by atoms with Crippen LogP contribution in [0.4, 0.5) is 5.69 Å². The van der Waals surface area contributed by atoms with Gasteiger partial charge in [-0.25, -0.2) is 0 Å². The minimum atomic E-state index is -0.0978. The number of allylic oxidation sites excluding steroid dienone is 1. The summed E-state index contributed by atoms with van der Waals surface area (Å²) in [6.07, 6.45) is 6.94. The molecule has 0 heterocycles. The number of carbonyl (C=O) groups excluding carboxylic acids is 1. The second kappa shape index (κ2) is 7.70. The average Bonchev–Trinajstić information content (AvgIpc) is 2.52. The van der Waals surface area contributed by atoms with E-state index < -0.39 is 0 Å². The number of hydrogen-bond donors (Lipinski definition) is 3. The smallest absolute Gasteiger partial charge is 0.238 e. The summed E-state index contributed by atoms with van der Waals surface area (Å²) < 4.78 is 0. The number of aliphatic hydroxyl groups is 1. The van der Waals surface area contributed by atoms with E-state index >= 15 is 0 Å². The predicted molar refractivity (Wildman–Crippen MR) is 80.0 cm³/mol. The van der Waals surface area contributed by atoms with Crippen LogP contribution in [0.15, 0.2) is 42.0 Å². The highest BCUT2D eigenvalue weighted by Gasteiger charge is 2.18. The summed E-state index contributed by atoms with van der Waals surface area (Å²) in [5.41, 5.74) is 7.63. The fourth-order valence-corrected chi connectivity index (χ4v) is 2.48. The Morgan fingerprint density at radius 3 is 2.70 bits per heavy atom. The minimum absolute atomic E-state index is 0.0323. The van der Waals surface area contributed by atoms with Crippen LogP contribution in [0.25, 0.3) is 0 Å². The van der Waals surface area contributed by atoms with Crippen molar-refractivity contribution < 1.29 is 9.90 Å². The highest BCUT2D eigenvalue weighted by molar-refractivity contribution is 5.78. The lowest BCUT2D eigenvalue weighted by Crippen LogP contribution is -2.32. The van der Waals surface area contributed by atoms with Crippen molar-refractivity contribution in [2.45, 2.75) is 32.1 Å². The van der Waals surface area contributed by atoms with Crippen molar-refractivity contribution in [1.29, 1.82) is 0 Å². The highest BCUT2D eigenvalue weighted by atomic mass is 16.3. The summed E-state index contributed by atoms with van der Waals surface area (Å²) >= 11 is 0. The molecular formula is C16H22N2O2. The van der Waals surface area contributed by atoms with Gasteiger partial charge in [-0.1, -0.05) is 29.8 Å². The maximum Gasteiger partial charge on any atom is 0.238 e. The first-order chi connectivity index (χ1) is 9.79. The lowest BCUT2D eigenvalue weighted by Gasteiger charge is -2.21. The van der Waals surface area contributed by atoms with Crippen molar-refractivity contribution in [2.75, 3.05) is 12.0 Å². The monoisotopic (exact) mass is 274 g/mol. The molecule has 1 aromatic carbocycles. The molecule has 1 unspecified atom stereocenters. The number of benzene rings is 1. The van der Waals surface area contributed by atoms with Crippen LogP contribution in [-0.4, -0.2) is 17.6 Å². The van der Waals surface area contributed by atoms with E-state index in [9.17, 15) is 9.90 Å². The molecule has 1 amide bonds. The number of anilines is 1. The quantitative estimate of drug-likeness (QED) is 0.552. The van der Waals surface area contributed by atoms with Gasteiger partial charge in [0.25, 0.3) is 0 Å². The number of nitrogens with one attached hydrogen (secondary N) is 2. The predicted octanol–water partition coefficient (Wildman–Crippen LogP) is 2.63. The molecule has 4 heteroatoms. The molecule has 1 aliphatic carbocycles. The first kappa shape index (κ1) is 14.6. The van der Waals surface area contributed by atoms with Crippen molar-refractivity contribution in [2.24, 2.45) is 5.92 Å². The van der Waals surface area contributed by atoms with Crippen LogP contribution in [0.3, 0.4) is 0 Å². The van der Waals surface area contributed by atoms with Crippen LogP contribution in [0.5, 0.6) is 0 Å². The number of hydrazine groups is 1. The van der Waals surface area contributed by atoms with Gasteiger partial charge in [0.2, 0.25) is 5.91 Å². The molecule has 0 radical (unpaired) electrons. The normalized spacial score (nSPS) is 16.1. The van der Waals surface area contributed by atoms with Gasteiger partial charge in [0.05, 0.1) is 12.3 Å². The molecule has 1 aromatic rings. The molecule has 0 spiro atoms. The highest BCUT2D eigenvalue weighted by Crippen LogP contribution is 2.26. The zero-order valence-corrected chi connectivity index (χ0v) is 11.6. The molecule has 0 saturated carbocycles. The summed E-state index contributed by atoms with van der Waals surface area (Å²) in [7, 11) is 0. The van der Waals surface area contributed by atoms with E-state index in [0.717, 1.165) is 24.9 Å². The molecule has 20 heavy (non-hydrogen) atoms. The topological polar surface area (TPSA) is 61.4 Å². The van der Waals surface area contributed by atoms with Gasteiger partial charge in [-0.3, -0.25) is 15.6 Å². The van der Waals surface area contributed by atoms with E-state index in [1.807, 2.05) is 30.3 Å². The third-order valence-corrected chi connectivity index (χ3v) is 3.62. The summed E-state index contributed by atoms with van der Waals surface area (Å²) in [6, 6.07) is 9.49. The van der Waals surface area contributed by atoms with Crippen LogP contribution < -0.4 is 10.9 Å². The van der Waals surface area contributed by atoms with Crippen LogP contribution in [0, 0.1) is 5.92 Å². The SMILES string of the molecule is O=C(CC(CO)C1=CCCCC1)NNc1ccccc1. The molecule has 0 fully saturated rings. The van der Waals surface area contributed by atoms with E-state index in [-0.39, 0.29) is 18.4 Å². The molecule has 0 saturated heterocycles. The van der Waals surface area contributed by atoms with Crippen molar-refractivity contribution in [3.05, 3.63) is 42.0 Å². The Bertz CT molecular complexity index is 457. The Labute approximate surface area is 119 Å². The molecule has 0 aromatic heterocycles. The number of rotatable bonds is 6. The third kappa shape index (κ3) is 4.38. The zero-order valence-electron chi connectivity index (χ0n) is 11.6. The maximum absolute atomic E-state index is 11.9. The lowest BCUT2D eigenvalue weighted by molar-refractivity contribution is -0.121. The Kier molecular flexibility index (Phi) is 5.62. The van der Waals surface area contributed by atoms with Gasteiger partial charge in [-0.15, -0.1) is 0 Å². The van der Waals surface area contributed by atoms with E-state index in [2.05, 4.69) is 16.9 Å². The molecule has 4 nitrogen and oxygen atoms in total. The van der Waals surface area contributed by atoms with Crippen LogP contribution >= 0.6 is 0 Å². The number of hydrogen-bond acceptors (Lipinski definition) is 3. The van der Waals surface area contributed by atoms with Gasteiger partial charge < -0.3 is 5.11 Å². The first-order valence-electron chi connectivity index (χ1n) is 7.19. The fraction of sp³-hybridized carbons (Fsp3) is 0.438. The fourth-order valence-electron chi connectivity index (χ4n) is 2.48. The second-order valence-electron chi connectivity index (χ2n) is 5.15. The van der Waals surface area contributed by atoms with Gasteiger partial charge in [0.1, 0.15) is 0 Å². The molecule has 108 valence electrons. The van der Waals surface area contributed by atoms with Gasteiger partial charge >= 0.3 is 0 Å². The Hall–Kier alpha value is -1.81. The summed E-state index contributed by atoms with van der Waals surface area (Å²) in [4.78, 5) is 11.9. The van der Waals surface area contributed by atoms with Crippen molar-refractivity contribution in [3.8, 4) is 0 Å². The number of para-hydroxylation sites is 1. The Morgan fingerprint density at radius 1 is 1.25 bits per heavy atom. The van der Waals surface area contributed by atoms with Crippen molar-refractivity contribution >= 4 is 11.6 Å². The third-order valence-electron chi connectivity index (χ3n) is 3.62. The summed E-state index contributed by atoms with van der Waals surface area (Å²) in [5, 5.41) is 9.47. The standard InChI is InChI=1S/C16H22N2O2/c19-12-14(13-7-3-1-4-8-13)11-16(20)18-17-15-9-5-2-6-10-15/h2,5-7,9-10,14,17,19H,1,3-4,8,11-12H2,(H,18,20). The number of carbonyl (C=O) groups is 1. The molecule has 0 aliphatic heterocycles. The van der Waals surface area contributed by atoms with Gasteiger partial charge in [-0.05, 0) is 37.8 Å². The molecule has 0 bridgehead atoms. The molecule has 1 aliphatic rings. The number of aliphatic hydroxyl groups excluding tert-OH is 1. The van der Waals surface area contributed by atoms with E-state index in [1.54, 1.807) is 0 Å². The molecule has 3 N–H and O–H groups in total. The van der Waals surface area contributed by atoms with E-state index in [4.69, 9.17) is 0 Å². The minimum Gasteiger partial charge on any atom is -0.396 e. The molecule has 2 rings (SSSR count). The Morgan fingerprint density at radius 2 is 2.05 bits per heavy atom. The van der Waals surface area contributed by atoms with Crippen LogP contribution in [0.2, 0.25) is 0 Å². The van der Waals surface area contributed by atoms with E-state index in [0.29, 0.717) is 6.42 Å². The van der Waals surface area contributed by atoms with Gasteiger partial charge in [0, 0.05) is 12.3 Å². The lowest BCUT2D eigenvalue weighted by atomic mass is 9.87. The number of amides is 1. The van der Waals surface area contributed by atoms with Crippen molar-refractivity contribution in [3.63, 3.8) is 0 Å². The summed E-state index contributed by atoms with van der Waals surface area (Å²) in [5.74, 6) is -0.146. The van der Waals surface area contributed by atoms with Crippen molar-refractivity contribution in [1.82, 2.24) is 5.43 Å².